The predicted octanol–water partition coefficient (Wildman–Crippen LogP) is 3.02. The van der Waals surface area contributed by atoms with Crippen LogP contribution >= 0.6 is 0 Å². The van der Waals surface area contributed by atoms with Gasteiger partial charge in [-0.05, 0) is 37.3 Å². The summed E-state index contributed by atoms with van der Waals surface area (Å²) in [5.74, 6) is 0.786. The molecule has 2 N–H and O–H groups in total. The zero-order valence-electron chi connectivity index (χ0n) is 11.8. The highest BCUT2D eigenvalue weighted by Gasteiger charge is 2.23. The third kappa shape index (κ3) is 3.01. The van der Waals surface area contributed by atoms with Crippen LogP contribution in [0.1, 0.15) is 6.92 Å². The number of carbonyl (C=O) groups is 2. The number of rotatable bonds is 2. The third-order valence-electron chi connectivity index (χ3n) is 3.11. The predicted molar refractivity (Wildman–Crippen MR) is 81.3 cm³/mol. The Morgan fingerprint density at radius 1 is 1.23 bits per heavy atom. The lowest BCUT2D eigenvalue weighted by Crippen LogP contribution is -2.34. The lowest BCUT2D eigenvalue weighted by molar-refractivity contribution is -0.122. The SMILES string of the molecule is CC1Oc2ccc(NC(=O)Oc3ccccc3)cc2NC1=O. The Morgan fingerprint density at radius 2 is 2.00 bits per heavy atom. The van der Waals surface area contributed by atoms with E-state index in [-0.39, 0.29) is 5.91 Å². The average molecular weight is 298 g/mol. The second kappa shape index (κ2) is 5.77. The van der Waals surface area contributed by atoms with Crippen LogP contribution < -0.4 is 20.1 Å². The summed E-state index contributed by atoms with van der Waals surface area (Å²) < 4.78 is 10.6. The summed E-state index contributed by atoms with van der Waals surface area (Å²) in [6, 6.07) is 13.7. The van der Waals surface area contributed by atoms with Gasteiger partial charge in [-0.25, -0.2) is 4.79 Å². The molecule has 1 aliphatic heterocycles. The highest BCUT2D eigenvalue weighted by Crippen LogP contribution is 2.32. The molecular formula is C16H14N2O4. The van der Waals surface area contributed by atoms with Crippen molar-refractivity contribution in [3.63, 3.8) is 0 Å². The molecule has 6 heteroatoms. The maximum Gasteiger partial charge on any atom is 0.417 e. The molecule has 112 valence electrons. The fourth-order valence-electron chi connectivity index (χ4n) is 2.03. The fourth-order valence-corrected chi connectivity index (χ4v) is 2.03. The van der Waals surface area contributed by atoms with Gasteiger partial charge < -0.3 is 14.8 Å². The Balaban J connectivity index is 1.70. The molecule has 2 aromatic carbocycles. The highest BCUT2D eigenvalue weighted by atomic mass is 16.6. The van der Waals surface area contributed by atoms with E-state index in [1.54, 1.807) is 49.4 Å². The molecule has 0 bridgehead atoms. The van der Waals surface area contributed by atoms with Crippen molar-refractivity contribution in [3.05, 3.63) is 48.5 Å². The van der Waals surface area contributed by atoms with Gasteiger partial charge in [-0.3, -0.25) is 10.1 Å². The van der Waals surface area contributed by atoms with E-state index in [0.717, 1.165) is 0 Å². The molecule has 1 aliphatic rings. The van der Waals surface area contributed by atoms with E-state index in [1.165, 1.54) is 0 Å². The van der Waals surface area contributed by atoms with E-state index in [9.17, 15) is 9.59 Å². The molecule has 22 heavy (non-hydrogen) atoms. The van der Waals surface area contributed by atoms with Crippen molar-refractivity contribution in [1.82, 2.24) is 0 Å². The molecule has 1 heterocycles. The first-order valence-corrected chi connectivity index (χ1v) is 6.77. The molecule has 1 atom stereocenters. The van der Waals surface area contributed by atoms with Crippen molar-refractivity contribution in [2.75, 3.05) is 10.6 Å². The first-order chi connectivity index (χ1) is 10.6. The molecule has 1 unspecified atom stereocenters. The van der Waals surface area contributed by atoms with E-state index in [2.05, 4.69) is 10.6 Å². The normalized spacial score (nSPS) is 16.0. The Labute approximate surface area is 127 Å². The number of ether oxygens (including phenoxy) is 2. The van der Waals surface area contributed by atoms with Crippen molar-refractivity contribution in [1.29, 1.82) is 0 Å². The molecule has 3 rings (SSSR count). The van der Waals surface area contributed by atoms with Crippen LogP contribution in [-0.2, 0) is 4.79 Å². The van der Waals surface area contributed by atoms with Crippen molar-refractivity contribution in [2.24, 2.45) is 0 Å². The molecular weight excluding hydrogens is 284 g/mol. The van der Waals surface area contributed by atoms with Gasteiger partial charge in [0.15, 0.2) is 6.10 Å². The molecule has 0 aliphatic carbocycles. The number of benzene rings is 2. The minimum Gasteiger partial charge on any atom is -0.479 e. The first-order valence-electron chi connectivity index (χ1n) is 6.77. The van der Waals surface area contributed by atoms with Crippen LogP contribution in [0, 0.1) is 0 Å². The van der Waals surface area contributed by atoms with Gasteiger partial charge in [0.2, 0.25) is 0 Å². The molecule has 0 radical (unpaired) electrons. The van der Waals surface area contributed by atoms with Gasteiger partial charge in [-0.15, -0.1) is 0 Å². The van der Waals surface area contributed by atoms with Gasteiger partial charge in [0.1, 0.15) is 11.5 Å². The van der Waals surface area contributed by atoms with Gasteiger partial charge in [0.05, 0.1) is 5.69 Å². The van der Waals surface area contributed by atoms with Crippen LogP contribution in [0.15, 0.2) is 48.5 Å². The Kier molecular flexibility index (Phi) is 3.65. The summed E-state index contributed by atoms with van der Waals surface area (Å²) in [6.07, 6.45) is -1.14. The van der Waals surface area contributed by atoms with Crippen molar-refractivity contribution >= 4 is 23.4 Å². The Morgan fingerprint density at radius 3 is 2.77 bits per heavy atom. The topological polar surface area (TPSA) is 76.7 Å². The fraction of sp³-hybridized carbons (Fsp3) is 0.125. The number of hydrogen-bond donors (Lipinski definition) is 2. The Bertz CT molecular complexity index is 715. The zero-order valence-corrected chi connectivity index (χ0v) is 11.8. The second-order valence-electron chi connectivity index (χ2n) is 4.79. The van der Waals surface area contributed by atoms with Gasteiger partial charge >= 0.3 is 6.09 Å². The molecule has 2 aromatic rings. The number of amides is 2. The molecule has 0 fully saturated rings. The smallest absolute Gasteiger partial charge is 0.417 e. The summed E-state index contributed by atoms with van der Waals surface area (Å²) in [5, 5.41) is 5.32. The summed E-state index contributed by atoms with van der Waals surface area (Å²) in [5.41, 5.74) is 1.01. The average Bonchev–Trinajstić information content (AvgIpc) is 2.49. The second-order valence-corrected chi connectivity index (χ2v) is 4.79. The number of nitrogens with one attached hydrogen (secondary N) is 2. The first kappa shape index (κ1) is 13.9. The molecule has 0 saturated carbocycles. The van der Waals surface area contributed by atoms with Crippen LogP contribution in [0.25, 0.3) is 0 Å². The maximum absolute atomic E-state index is 11.8. The minimum atomic E-state index is -0.609. The van der Waals surface area contributed by atoms with Crippen molar-refractivity contribution in [3.8, 4) is 11.5 Å². The maximum atomic E-state index is 11.8. The number of para-hydroxylation sites is 1. The standard InChI is InChI=1S/C16H14N2O4/c1-10-15(19)18-13-9-11(7-8-14(13)21-10)17-16(20)22-12-5-3-2-4-6-12/h2-10H,1H3,(H,17,20)(H,18,19). The largest absolute Gasteiger partial charge is 0.479 e. The van der Waals surface area contributed by atoms with E-state index in [1.807, 2.05) is 6.07 Å². The van der Waals surface area contributed by atoms with Crippen LogP contribution in [0.3, 0.4) is 0 Å². The van der Waals surface area contributed by atoms with Gasteiger partial charge in [-0.2, -0.15) is 0 Å². The molecule has 6 nitrogen and oxygen atoms in total. The minimum absolute atomic E-state index is 0.225. The lowest BCUT2D eigenvalue weighted by Gasteiger charge is -2.23. The van der Waals surface area contributed by atoms with Crippen molar-refractivity contribution in [2.45, 2.75) is 13.0 Å². The number of anilines is 2. The van der Waals surface area contributed by atoms with Gasteiger partial charge in [0.25, 0.3) is 5.91 Å². The van der Waals surface area contributed by atoms with Crippen molar-refractivity contribution < 1.29 is 19.1 Å². The summed E-state index contributed by atoms with van der Waals surface area (Å²) >= 11 is 0. The van der Waals surface area contributed by atoms with Crippen LogP contribution in [0.2, 0.25) is 0 Å². The Hall–Kier alpha value is -3.02. The summed E-state index contributed by atoms with van der Waals surface area (Å²) in [4.78, 5) is 23.4. The number of carbonyl (C=O) groups excluding carboxylic acids is 2. The third-order valence-corrected chi connectivity index (χ3v) is 3.11. The quantitative estimate of drug-likeness (QED) is 0.893. The molecule has 0 spiro atoms. The molecule has 0 saturated heterocycles. The van der Waals surface area contributed by atoms with Gasteiger partial charge in [-0.1, -0.05) is 18.2 Å². The number of fused-ring (bicyclic) bond motifs is 1. The molecule has 0 aromatic heterocycles. The van der Waals surface area contributed by atoms with Gasteiger partial charge in [0, 0.05) is 5.69 Å². The van der Waals surface area contributed by atoms with Crippen LogP contribution in [-0.4, -0.2) is 18.1 Å². The van der Waals surface area contributed by atoms with E-state index in [0.29, 0.717) is 22.9 Å². The zero-order chi connectivity index (χ0) is 15.5. The summed E-state index contributed by atoms with van der Waals surface area (Å²) in [6.45, 7) is 1.67. The van der Waals surface area contributed by atoms with E-state index >= 15 is 0 Å². The van der Waals surface area contributed by atoms with E-state index < -0.39 is 12.2 Å². The highest BCUT2D eigenvalue weighted by molar-refractivity contribution is 5.98. The monoisotopic (exact) mass is 298 g/mol. The lowest BCUT2D eigenvalue weighted by atomic mass is 10.2. The number of hydrogen-bond acceptors (Lipinski definition) is 4. The van der Waals surface area contributed by atoms with Crippen LogP contribution in [0.4, 0.5) is 16.2 Å². The molecule has 2 amide bonds. The summed E-state index contributed by atoms with van der Waals surface area (Å²) in [7, 11) is 0. The van der Waals surface area contributed by atoms with Crippen LogP contribution in [0.5, 0.6) is 11.5 Å². The van der Waals surface area contributed by atoms with E-state index in [4.69, 9.17) is 9.47 Å².